The highest BCUT2D eigenvalue weighted by atomic mass is 16.5. The molecule has 0 radical (unpaired) electrons. The molecule has 0 aromatic rings. The molecule has 0 aliphatic carbocycles. The second-order valence-corrected chi connectivity index (χ2v) is 3.97. The molecular formula is C12H18O4. The Labute approximate surface area is 95.6 Å². The molecule has 1 saturated heterocycles. The molecule has 0 saturated carbocycles. The number of rotatable bonds is 5. The summed E-state index contributed by atoms with van der Waals surface area (Å²) in [5.41, 5.74) is 0.717. The van der Waals surface area contributed by atoms with Crippen LogP contribution in [0.1, 0.15) is 39.5 Å². The van der Waals surface area contributed by atoms with Gasteiger partial charge in [0, 0.05) is 18.9 Å². The molecule has 0 aromatic carbocycles. The predicted molar refractivity (Wildman–Crippen MR) is 58.6 cm³/mol. The van der Waals surface area contributed by atoms with Crippen LogP contribution >= 0.6 is 0 Å². The topological polar surface area (TPSA) is 52.6 Å². The third-order valence-corrected chi connectivity index (χ3v) is 2.70. The number of hydrogen-bond acceptors (Lipinski definition) is 4. The van der Waals surface area contributed by atoms with Gasteiger partial charge in [-0.2, -0.15) is 0 Å². The van der Waals surface area contributed by atoms with Crippen LogP contribution in [0.3, 0.4) is 0 Å². The molecule has 0 unspecified atom stereocenters. The first-order valence-electron chi connectivity index (χ1n) is 5.70. The molecule has 1 aliphatic heterocycles. The van der Waals surface area contributed by atoms with Crippen LogP contribution < -0.4 is 0 Å². The van der Waals surface area contributed by atoms with Crippen LogP contribution in [-0.2, 0) is 19.1 Å². The van der Waals surface area contributed by atoms with Gasteiger partial charge in [-0.3, -0.25) is 4.79 Å². The Kier molecular flexibility index (Phi) is 5.23. The van der Waals surface area contributed by atoms with Gasteiger partial charge in [0.15, 0.2) is 0 Å². The second-order valence-electron chi connectivity index (χ2n) is 3.97. The number of esters is 1. The van der Waals surface area contributed by atoms with E-state index in [1.807, 2.05) is 12.9 Å². The van der Waals surface area contributed by atoms with Gasteiger partial charge < -0.3 is 9.47 Å². The molecule has 0 aromatic heterocycles. The molecule has 1 heterocycles. The highest BCUT2D eigenvalue weighted by Gasteiger charge is 2.29. The fourth-order valence-electron chi connectivity index (χ4n) is 1.81. The number of ether oxygens (including phenoxy) is 2. The van der Waals surface area contributed by atoms with Crippen LogP contribution in [0.15, 0.2) is 5.57 Å². The van der Waals surface area contributed by atoms with Gasteiger partial charge >= 0.3 is 5.97 Å². The number of carbonyl (C=O) groups excluding carboxylic acids is 2. The molecule has 1 aliphatic rings. The molecular weight excluding hydrogens is 208 g/mol. The van der Waals surface area contributed by atoms with Crippen LogP contribution in [-0.4, -0.2) is 30.7 Å². The molecule has 4 nitrogen and oxygen atoms in total. The van der Waals surface area contributed by atoms with Gasteiger partial charge in [-0.1, -0.05) is 6.92 Å². The van der Waals surface area contributed by atoms with Crippen molar-refractivity contribution in [2.45, 2.75) is 51.7 Å². The van der Waals surface area contributed by atoms with Crippen molar-refractivity contribution in [2.24, 2.45) is 0 Å². The van der Waals surface area contributed by atoms with E-state index in [-0.39, 0.29) is 18.2 Å². The van der Waals surface area contributed by atoms with Crippen LogP contribution in [0.5, 0.6) is 0 Å². The van der Waals surface area contributed by atoms with Crippen LogP contribution in [0, 0.1) is 0 Å². The summed E-state index contributed by atoms with van der Waals surface area (Å²) in [6, 6.07) is 0. The summed E-state index contributed by atoms with van der Waals surface area (Å²) in [6.07, 6.45) is 3.05. The average molecular weight is 226 g/mol. The maximum Gasteiger partial charge on any atom is 0.302 e. The summed E-state index contributed by atoms with van der Waals surface area (Å²) in [7, 11) is 0. The summed E-state index contributed by atoms with van der Waals surface area (Å²) in [6.45, 7) is 3.81. The molecule has 1 rings (SSSR count). The minimum atomic E-state index is -0.273. The highest BCUT2D eigenvalue weighted by molar-refractivity contribution is 5.65. The van der Waals surface area contributed by atoms with E-state index in [0.29, 0.717) is 25.9 Å². The Bertz CT molecular complexity index is 291. The molecule has 1 fully saturated rings. The standard InChI is InChI=1S/C12H18O4/c1-3-11-7-10(8-13)12(16-11)5-4-6-15-9(2)14/h11-12H,3-7H2,1-2H3/t11-,12+/m1/s1. The lowest BCUT2D eigenvalue weighted by Crippen LogP contribution is -2.12. The van der Waals surface area contributed by atoms with E-state index < -0.39 is 0 Å². The van der Waals surface area contributed by atoms with Crippen molar-refractivity contribution in [3.8, 4) is 0 Å². The van der Waals surface area contributed by atoms with Crippen molar-refractivity contribution in [3.63, 3.8) is 0 Å². The Balaban J connectivity index is 2.30. The van der Waals surface area contributed by atoms with E-state index in [1.54, 1.807) is 0 Å². The first kappa shape index (κ1) is 12.9. The van der Waals surface area contributed by atoms with Gasteiger partial charge in [0.05, 0.1) is 18.8 Å². The fraction of sp³-hybridized carbons (Fsp3) is 0.750. The molecule has 0 amide bonds. The van der Waals surface area contributed by atoms with Gasteiger partial charge in [-0.25, -0.2) is 4.79 Å². The van der Waals surface area contributed by atoms with E-state index in [4.69, 9.17) is 9.47 Å². The largest absolute Gasteiger partial charge is 0.466 e. The predicted octanol–water partition coefficient (Wildman–Crippen LogP) is 1.66. The first-order chi connectivity index (χ1) is 7.67. The lowest BCUT2D eigenvalue weighted by atomic mass is 10.0. The fourth-order valence-corrected chi connectivity index (χ4v) is 1.81. The Morgan fingerprint density at radius 1 is 1.62 bits per heavy atom. The number of carbonyl (C=O) groups is 1. The van der Waals surface area contributed by atoms with Gasteiger partial charge in [0.1, 0.15) is 5.94 Å². The SMILES string of the molecule is CC[C@@H]1CC(=C=O)[C@H](CCCOC(C)=O)O1. The van der Waals surface area contributed by atoms with Gasteiger partial charge in [0.25, 0.3) is 0 Å². The zero-order valence-electron chi connectivity index (χ0n) is 9.82. The van der Waals surface area contributed by atoms with E-state index in [0.717, 1.165) is 12.0 Å². The van der Waals surface area contributed by atoms with Crippen LogP contribution in [0.25, 0.3) is 0 Å². The normalized spacial score (nSPS) is 24.2. The Morgan fingerprint density at radius 3 is 2.94 bits per heavy atom. The number of hydrogen-bond donors (Lipinski definition) is 0. The molecule has 16 heavy (non-hydrogen) atoms. The van der Waals surface area contributed by atoms with E-state index in [2.05, 4.69) is 0 Å². The maximum absolute atomic E-state index is 10.7. The smallest absolute Gasteiger partial charge is 0.302 e. The monoisotopic (exact) mass is 226 g/mol. The third-order valence-electron chi connectivity index (χ3n) is 2.70. The van der Waals surface area contributed by atoms with Crippen molar-refractivity contribution in [2.75, 3.05) is 6.61 Å². The molecule has 2 atom stereocenters. The first-order valence-corrected chi connectivity index (χ1v) is 5.70. The molecule has 0 bridgehead atoms. The van der Waals surface area contributed by atoms with E-state index >= 15 is 0 Å². The Hall–Kier alpha value is -1.12. The summed E-state index contributed by atoms with van der Waals surface area (Å²) in [5, 5.41) is 0. The summed E-state index contributed by atoms with van der Waals surface area (Å²) in [4.78, 5) is 21.2. The minimum absolute atomic E-state index is 0.127. The van der Waals surface area contributed by atoms with E-state index in [1.165, 1.54) is 6.92 Å². The molecule has 4 heteroatoms. The van der Waals surface area contributed by atoms with Crippen molar-refractivity contribution in [3.05, 3.63) is 5.57 Å². The zero-order chi connectivity index (χ0) is 12.0. The second kappa shape index (κ2) is 6.46. The zero-order valence-corrected chi connectivity index (χ0v) is 9.82. The van der Waals surface area contributed by atoms with Gasteiger partial charge in [0.2, 0.25) is 0 Å². The van der Waals surface area contributed by atoms with Crippen molar-refractivity contribution >= 4 is 11.9 Å². The lowest BCUT2D eigenvalue weighted by molar-refractivity contribution is -0.141. The average Bonchev–Trinajstić information content (AvgIpc) is 2.66. The van der Waals surface area contributed by atoms with Crippen molar-refractivity contribution in [1.29, 1.82) is 0 Å². The quantitative estimate of drug-likeness (QED) is 0.406. The minimum Gasteiger partial charge on any atom is -0.466 e. The van der Waals surface area contributed by atoms with Gasteiger partial charge in [-0.05, 0) is 19.3 Å². The lowest BCUT2D eigenvalue weighted by Gasteiger charge is -2.11. The van der Waals surface area contributed by atoms with Crippen LogP contribution in [0.4, 0.5) is 0 Å². The molecule has 0 spiro atoms. The van der Waals surface area contributed by atoms with Crippen molar-refractivity contribution < 1.29 is 19.1 Å². The summed E-state index contributed by atoms with van der Waals surface area (Å²) in [5.74, 6) is 1.69. The maximum atomic E-state index is 10.7. The van der Waals surface area contributed by atoms with Crippen LogP contribution in [0.2, 0.25) is 0 Å². The van der Waals surface area contributed by atoms with E-state index in [9.17, 15) is 9.59 Å². The molecule has 90 valence electrons. The highest BCUT2D eigenvalue weighted by Crippen LogP contribution is 2.28. The third kappa shape index (κ3) is 3.80. The Morgan fingerprint density at radius 2 is 2.38 bits per heavy atom. The molecule has 0 N–H and O–H groups in total. The summed E-state index contributed by atoms with van der Waals surface area (Å²) < 4.78 is 10.5. The van der Waals surface area contributed by atoms with Crippen molar-refractivity contribution in [1.82, 2.24) is 0 Å². The van der Waals surface area contributed by atoms with Gasteiger partial charge in [-0.15, -0.1) is 0 Å². The summed E-state index contributed by atoms with van der Waals surface area (Å²) >= 11 is 0.